The summed E-state index contributed by atoms with van der Waals surface area (Å²) in [5.41, 5.74) is 0.840. The number of hydrogen-bond donors (Lipinski definition) is 2. The summed E-state index contributed by atoms with van der Waals surface area (Å²) >= 11 is 0. The fourth-order valence-corrected chi connectivity index (χ4v) is 2.72. The number of rotatable bonds is 12. The van der Waals surface area contributed by atoms with E-state index in [-0.39, 0.29) is 6.09 Å². The Hall–Kier alpha value is -1.75. The Balaban J connectivity index is 2.15. The molecule has 1 rings (SSSR count). The lowest BCUT2D eigenvalue weighted by Crippen LogP contribution is -2.33. The van der Waals surface area contributed by atoms with E-state index in [0.717, 1.165) is 44.4 Å². The van der Waals surface area contributed by atoms with Crippen molar-refractivity contribution in [2.24, 2.45) is 0 Å². The molecule has 1 aromatic carbocycles. The van der Waals surface area contributed by atoms with Gasteiger partial charge in [-0.05, 0) is 70.6 Å². The molecule has 0 aliphatic carbocycles. The summed E-state index contributed by atoms with van der Waals surface area (Å²) in [5, 5.41) is 6.29. The average Bonchev–Trinajstić information content (AvgIpc) is 2.61. The van der Waals surface area contributed by atoms with Gasteiger partial charge in [0.2, 0.25) is 0 Å². The van der Waals surface area contributed by atoms with E-state index in [1.54, 1.807) is 0 Å². The summed E-state index contributed by atoms with van der Waals surface area (Å²) in [6.07, 6.45) is 4.90. The topological polar surface area (TPSA) is 59.6 Å². The van der Waals surface area contributed by atoms with Gasteiger partial charge in [0.1, 0.15) is 18.0 Å². The van der Waals surface area contributed by atoms with Gasteiger partial charge in [0.15, 0.2) is 0 Å². The molecule has 0 heterocycles. The van der Waals surface area contributed by atoms with Gasteiger partial charge in [0.25, 0.3) is 0 Å². The lowest BCUT2D eigenvalue weighted by atomic mass is 10.1. The van der Waals surface area contributed by atoms with Crippen molar-refractivity contribution in [1.29, 1.82) is 0 Å². The number of benzene rings is 1. The summed E-state index contributed by atoms with van der Waals surface area (Å²) in [6, 6.07) is 8.88. The van der Waals surface area contributed by atoms with Crippen LogP contribution in [0.4, 0.5) is 4.79 Å². The predicted octanol–water partition coefficient (Wildman–Crippen LogP) is 4.69. The first-order valence-electron chi connectivity index (χ1n) is 10.3. The maximum Gasteiger partial charge on any atom is 0.407 e. The predicted molar refractivity (Wildman–Crippen MR) is 111 cm³/mol. The second-order valence-corrected chi connectivity index (χ2v) is 7.85. The third-order valence-electron chi connectivity index (χ3n) is 4.27. The number of hydrogen-bond acceptors (Lipinski definition) is 4. The van der Waals surface area contributed by atoms with Gasteiger partial charge in [0, 0.05) is 19.1 Å². The Morgan fingerprint density at radius 1 is 1.04 bits per heavy atom. The molecule has 0 saturated carbocycles. The van der Waals surface area contributed by atoms with Gasteiger partial charge >= 0.3 is 6.09 Å². The van der Waals surface area contributed by atoms with Crippen LogP contribution in [0.2, 0.25) is 0 Å². The molecule has 0 saturated heterocycles. The number of carbonyl (C=O) groups is 1. The van der Waals surface area contributed by atoms with Crippen LogP contribution < -0.4 is 15.4 Å². The second kappa shape index (κ2) is 12.6. The third kappa shape index (κ3) is 11.5. The van der Waals surface area contributed by atoms with Gasteiger partial charge in [-0.3, -0.25) is 0 Å². The standard InChI is InChI=1S/C22H38N2O3/c1-6-19(7-2)23-16-17-26-20-13-11-18(12-14-20)10-8-9-15-24-21(25)27-22(3,4)5/h11-14,19,23H,6-10,15-17H2,1-5H3,(H,24,25). The molecule has 0 spiro atoms. The van der Waals surface area contributed by atoms with Crippen LogP contribution in [0, 0.1) is 0 Å². The van der Waals surface area contributed by atoms with E-state index in [1.165, 1.54) is 5.56 Å². The monoisotopic (exact) mass is 378 g/mol. The van der Waals surface area contributed by atoms with Gasteiger partial charge in [-0.15, -0.1) is 0 Å². The number of aryl methyl sites for hydroxylation is 1. The highest BCUT2D eigenvalue weighted by Crippen LogP contribution is 2.14. The van der Waals surface area contributed by atoms with Crippen LogP contribution in [-0.2, 0) is 11.2 Å². The van der Waals surface area contributed by atoms with E-state index >= 15 is 0 Å². The molecule has 154 valence electrons. The van der Waals surface area contributed by atoms with Crippen LogP contribution in [0.3, 0.4) is 0 Å². The van der Waals surface area contributed by atoms with Crippen LogP contribution in [0.1, 0.15) is 65.9 Å². The smallest absolute Gasteiger partial charge is 0.407 e. The summed E-state index contributed by atoms with van der Waals surface area (Å²) < 4.78 is 11.0. The molecule has 5 heteroatoms. The number of unbranched alkanes of at least 4 members (excludes halogenated alkanes) is 1. The zero-order chi connectivity index (χ0) is 20.1. The number of amides is 1. The fourth-order valence-electron chi connectivity index (χ4n) is 2.72. The Labute approximate surface area is 165 Å². The molecule has 0 aliphatic heterocycles. The minimum Gasteiger partial charge on any atom is -0.492 e. The van der Waals surface area contributed by atoms with Crippen LogP contribution in [0.25, 0.3) is 0 Å². The van der Waals surface area contributed by atoms with Crippen molar-refractivity contribution in [1.82, 2.24) is 10.6 Å². The molecule has 0 fully saturated rings. The SMILES string of the molecule is CCC(CC)NCCOc1ccc(CCCCNC(=O)OC(C)(C)C)cc1. The molecule has 2 N–H and O–H groups in total. The molecule has 0 atom stereocenters. The molecule has 0 unspecified atom stereocenters. The maximum absolute atomic E-state index is 11.6. The molecule has 0 aliphatic rings. The number of carbonyl (C=O) groups excluding carboxylic acids is 1. The summed E-state index contributed by atoms with van der Waals surface area (Å²) in [7, 11) is 0. The molecular weight excluding hydrogens is 340 g/mol. The number of ether oxygens (including phenoxy) is 2. The van der Waals surface area contributed by atoms with E-state index in [9.17, 15) is 4.79 Å². The minimum absolute atomic E-state index is 0.345. The molecule has 0 bridgehead atoms. The lowest BCUT2D eigenvalue weighted by molar-refractivity contribution is 0.0527. The molecule has 1 aromatic rings. The molecule has 0 aromatic heterocycles. The minimum atomic E-state index is -0.447. The van der Waals surface area contributed by atoms with Crippen molar-refractivity contribution >= 4 is 6.09 Å². The average molecular weight is 379 g/mol. The van der Waals surface area contributed by atoms with Crippen molar-refractivity contribution in [2.75, 3.05) is 19.7 Å². The first-order chi connectivity index (χ1) is 12.8. The Morgan fingerprint density at radius 3 is 2.30 bits per heavy atom. The van der Waals surface area contributed by atoms with Crippen molar-refractivity contribution in [3.63, 3.8) is 0 Å². The largest absolute Gasteiger partial charge is 0.492 e. The quantitative estimate of drug-likeness (QED) is 0.518. The Bertz CT molecular complexity index is 519. The number of nitrogens with one attached hydrogen (secondary N) is 2. The van der Waals surface area contributed by atoms with Crippen molar-refractivity contribution in [2.45, 2.75) is 78.4 Å². The van der Waals surface area contributed by atoms with E-state index < -0.39 is 5.60 Å². The van der Waals surface area contributed by atoms with E-state index in [4.69, 9.17) is 9.47 Å². The Morgan fingerprint density at radius 2 is 1.70 bits per heavy atom. The first-order valence-corrected chi connectivity index (χ1v) is 10.3. The van der Waals surface area contributed by atoms with Gasteiger partial charge in [-0.1, -0.05) is 26.0 Å². The van der Waals surface area contributed by atoms with Crippen molar-refractivity contribution in [3.05, 3.63) is 29.8 Å². The fraction of sp³-hybridized carbons (Fsp3) is 0.682. The van der Waals surface area contributed by atoms with Crippen molar-refractivity contribution < 1.29 is 14.3 Å². The van der Waals surface area contributed by atoms with Gasteiger partial charge in [-0.25, -0.2) is 4.79 Å². The Kier molecular flexibility index (Phi) is 10.9. The molecule has 0 radical (unpaired) electrons. The zero-order valence-corrected chi connectivity index (χ0v) is 17.8. The third-order valence-corrected chi connectivity index (χ3v) is 4.27. The number of alkyl carbamates (subject to hydrolysis) is 1. The lowest BCUT2D eigenvalue weighted by Gasteiger charge is -2.19. The normalized spacial score (nSPS) is 11.5. The van der Waals surface area contributed by atoms with Crippen LogP contribution >= 0.6 is 0 Å². The van der Waals surface area contributed by atoms with Gasteiger partial charge in [0.05, 0.1) is 0 Å². The first kappa shape index (κ1) is 23.3. The highest BCUT2D eigenvalue weighted by Gasteiger charge is 2.15. The second-order valence-electron chi connectivity index (χ2n) is 7.85. The molecule has 5 nitrogen and oxygen atoms in total. The highest BCUT2D eigenvalue weighted by atomic mass is 16.6. The maximum atomic E-state index is 11.6. The zero-order valence-electron chi connectivity index (χ0n) is 17.8. The summed E-state index contributed by atoms with van der Waals surface area (Å²) in [4.78, 5) is 11.6. The van der Waals surface area contributed by atoms with Crippen molar-refractivity contribution in [3.8, 4) is 5.75 Å². The van der Waals surface area contributed by atoms with Crippen LogP contribution in [-0.4, -0.2) is 37.4 Å². The summed E-state index contributed by atoms with van der Waals surface area (Å²) in [5.74, 6) is 0.914. The molecule has 27 heavy (non-hydrogen) atoms. The van der Waals surface area contributed by atoms with Gasteiger partial charge in [-0.2, -0.15) is 0 Å². The van der Waals surface area contributed by atoms with E-state index in [0.29, 0.717) is 19.2 Å². The highest BCUT2D eigenvalue weighted by molar-refractivity contribution is 5.67. The van der Waals surface area contributed by atoms with Crippen LogP contribution in [0.15, 0.2) is 24.3 Å². The van der Waals surface area contributed by atoms with Crippen LogP contribution in [0.5, 0.6) is 5.75 Å². The molecule has 1 amide bonds. The summed E-state index contributed by atoms with van der Waals surface area (Å²) in [6.45, 7) is 12.2. The van der Waals surface area contributed by atoms with E-state index in [2.05, 4.69) is 36.6 Å². The molecular formula is C22H38N2O3. The van der Waals surface area contributed by atoms with E-state index in [1.807, 2.05) is 32.9 Å². The van der Waals surface area contributed by atoms with Gasteiger partial charge < -0.3 is 20.1 Å².